The molecule has 2 aromatic carbocycles. The lowest BCUT2D eigenvalue weighted by Crippen LogP contribution is -2.03. The van der Waals surface area contributed by atoms with Crippen molar-refractivity contribution in [3.05, 3.63) is 66.2 Å². The van der Waals surface area contributed by atoms with Gasteiger partial charge in [-0.3, -0.25) is 5.43 Å². The second-order valence-electron chi connectivity index (χ2n) is 5.52. The first kappa shape index (κ1) is 17.4. The summed E-state index contributed by atoms with van der Waals surface area (Å²) in [5, 5.41) is 4.41. The van der Waals surface area contributed by atoms with Crippen molar-refractivity contribution in [2.75, 3.05) is 19.6 Å². The zero-order chi connectivity index (χ0) is 18.4. The molecule has 1 aromatic heterocycles. The van der Waals surface area contributed by atoms with Gasteiger partial charge in [-0.05, 0) is 36.8 Å². The Labute approximate surface area is 152 Å². The molecule has 0 aliphatic heterocycles. The summed E-state index contributed by atoms with van der Waals surface area (Å²) in [6, 6.07) is 19.1. The Morgan fingerprint density at radius 1 is 0.923 bits per heavy atom. The SMILES string of the molecule is COc1ccc(C(C)=NNc2cc(OC)nc(-c3ccccc3)n2)cc1. The maximum absolute atomic E-state index is 5.28. The molecule has 6 nitrogen and oxygen atoms in total. The molecule has 0 unspecified atom stereocenters. The van der Waals surface area contributed by atoms with Crippen molar-refractivity contribution in [1.29, 1.82) is 0 Å². The lowest BCUT2D eigenvalue weighted by Gasteiger charge is -2.08. The number of aromatic nitrogens is 2. The molecule has 3 aromatic rings. The molecule has 0 spiro atoms. The van der Waals surface area contributed by atoms with Crippen LogP contribution in [0.4, 0.5) is 5.82 Å². The summed E-state index contributed by atoms with van der Waals surface area (Å²) in [6.45, 7) is 1.92. The molecule has 132 valence electrons. The molecule has 0 aliphatic rings. The molecule has 0 bridgehead atoms. The number of hydrogen-bond donors (Lipinski definition) is 1. The van der Waals surface area contributed by atoms with E-state index >= 15 is 0 Å². The third-order valence-electron chi connectivity index (χ3n) is 3.79. The first-order valence-corrected chi connectivity index (χ1v) is 8.13. The van der Waals surface area contributed by atoms with Crippen LogP contribution >= 0.6 is 0 Å². The van der Waals surface area contributed by atoms with Gasteiger partial charge in [0.25, 0.3) is 0 Å². The number of ether oxygens (including phenoxy) is 2. The van der Waals surface area contributed by atoms with Gasteiger partial charge in [-0.1, -0.05) is 30.3 Å². The van der Waals surface area contributed by atoms with Gasteiger partial charge in [-0.2, -0.15) is 10.1 Å². The van der Waals surface area contributed by atoms with E-state index in [1.54, 1.807) is 20.3 Å². The lowest BCUT2D eigenvalue weighted by molar-refractivity contribution is 0.398. The Morgan fingerprint density at radius 3 is 2.31 bits per heavy atom. The van der Waals surface area contributed by atoms with Gasteiger partial charge in [0.1, 0.15) is 5.75 Å². The summed E-state index contributed by atoms with van der Waals surface area (Å²) in [5.74, 6) is 2.41. The van der Waals surface area contributed by atoms with Crippen molar-refractivity contribution in [2.24, 2.45) is 5.10 Å². The van der Waals surface area contributed by atoms with Crippen LogP contribution in [0.5, 0.6) is 11.6 Å². The first-order valence-electron chi connectivity index (χ1n) is 8.13. The molecule has 1 N–H and O–H groups in total. The number of nitrogens with zero attached hydrogens (tertiary/aromatic N) is 3. The van der Waals surface area contributed by atoms with Crippen LogP contribution in [0.25, 0.3) is 11.4 Å². The quantitative estimate of drug-likeness (QED) is 0.539. The summed E-state index contributed by atoms with van der Waals surface area (Å²) in [6.07, 6.45) is 0. The van der Waals surface area contributed by atoms with Gasteiger partial charge in [-0.25, -0.2) is 4.98 Å². The summed E-state index contributed by atoms with van der Waals surface area (Å²) in [4.78, 5) is 8.91. The van der Waals surface area contributed by atoms with Gasteiger partial charge in [0.05, 0.1) is 19.9 Å². The molecule has 26 heavy (non-hydrogen) atoms. The summed E-state index contributed by atoms with van der Waals surface area (Å²) in [5.41, 5.74) is 5.70. The molecule has 0 saturated carbocycles. The Morgan fingerprint density at radius 2 is 1.65 bits per heavy atom. The van der Waals surface area contributed by atoms with Crippen LogP contribution in [0.3, 0.4) is 0 Å². The highest BCUT2D eigenvalue weighted by Gasteiger charge is 2.07. The van der Waals surface area contributed by atoms with E-state index in [0.717, 1.165) is 22.6 Å². The maximum Gasteiger partial charge on any atom is 0.218 e. The molecule has 0 fully saturated rings. The monoisotopic (exact) mass is 348 g/mol. The minimum absolute atomic E-state index is 0.471. The van der Waals surface area contributed by atoms with Crippen LogP contribution in [0.1, 0.15) is 12.5 Å². The smallest absolute Gasteiger partial charge is 0.218 e. The van der Waals surface area contributed by atoms with Crippen molar-refractivity contribution in [3.63, 3.8) is 0 Å². The molecule has 6 heteroatoms. The van der Waals surface area contributed by atoms with E-state index in [1.807, 2.05) is 61.5 Å². The van der Waals surface area contributed by atoms with Crippen molar-refractivity contribution >= 4 is 11.5 Å². The van der Waals surface area contributed by atoms with E-state index in [2.05, 4.69) is 20.5 Å². The minimum atomic E-state index is 0.471. The van der Waals surface area contributed by atoms with Gasteiger partial charge in [0.2, 0.25) is 5.88 Å². The number of hydrogen-bond acceptors (Lipinski definition) is 6. The molecule has 0 atom stereocenters. The van der Waals surface area contributed by atoms with Crippen molar-refractivity contribution < 1.29 is 9.47 Å². The first-order chi connectivity index (χ1) is 12.7. The van der Waals surface area contributed by atoms with E-state index in [9.17, 15) is 0 Å². The van der Waals surface area contributed by atoms with Gasteiger partial charge in [0, 0.05) is 11.6 Å². The highest BCUT2D eigenvalue weighted by molar-refractivity contribution is 5.99. The molecular formula is C20H20N4O2. The lowest BCUT2D eigenvalue weighted by atomic mass is 10.1. The second-order valence-corrected chi connectivity index (χ2v) is 5.52. The average Bonchev–Trinajstić information content (AvgIpc) is 2.72. The van der Waals surface area contributed by atoms with E-state index in [0.29, 0.717) is 17.5 Å². The van der Waals surface area contributed by atoms with Gasteiger partial charge in [-0.15, -0.1) is 0 Å². The molecular weight excluding hydrogens is 328 g/mol. The van der Waals surface area contributed by atoms with Crippen LogP contribution in [0.2, 0.25) is 0 Å². The highest BCUT2D eigenvalue weighted by Crippen LogP contribution is 2.21. The normalized spacial score (nSPS) is 11.1. The summed E-state index contributed by atoms with van der Waals surface area (Å²) >= 11 is 0. The van der Waals surface area contributed by atoms with Gasteiger partial charge in [0.15, 0.2) is 11.6 Å². The molecule has 0 amide bonds. The van der Waals surface area contributed by atoms with E-state index in [4.69, 9.17) is 9.47 Å². The molecule has 0 aliphatic carbocycles. The van der Waals surface area contributed by atoms with Crippen LogP contribution < -0.4 is 14.9 Å². The zero-order valence-electron chi connectivity index (χ0n) is 14.9. The van der Waals surface area contributed by atoms with E-state index < -0.39 is 0 Å². The number of methoxy groups -OCH3 is 2. The topological polar surface area (TPSA) is 68.6 Å². The second kappa shape index (κ2) is 8.11. The summed E-state index contributed by atoms with van der Waals surface area (Å²) in [7, 11) is 3.22. The third-order valence-corrected chi connectivity index (χ3v) is 3.79. The largest absolute Gasteiger partial charge is 0.497 e. The van der Waals surface area contributed by atoms with E-state index in [-0.39, 0.29) is 0 Å². The Bertz CT molecular complexity index is 893. The number of rotatable bonds is 6. The number of anilines is 1. The van der Waals surface area contributed by atoms with Crippen LogP contribution in [0.15, 0.2) is 65.8 Å². The van der Waals surface area contributed by atoms with Crippen LogP contribution in [0, 0.1) is 0 Å². The van der Waals surface area contributed by atoms with Gasteiger partial charge < -0.3 is 9.47 Å². The molecule has 1 heterocycles. The molecule has 0 radical (unpaired) electrons. The fourth-order valence-corrected chi connectivity index (χ4v) is 2.34. The van der Waals surface area contributed by atoms with Crippen LogP contribution in [-0.2, 0) is 0 Å². The number of hydrazone groups is 1. The Kier molecular flexibility index (Phi) is 5.43. The van der Waals surface area contributed by atoms with E-state index in [1.165, 1.54) is 0 Å². The van der Waals surface area contributed by atoms with Crippen molar-refractivity contribution in [2.45, 2.75) is 6.92 Å². The van der Waals surface area contributed by atoms with Crippen molar-refractivity contribution in [1.82, 2.24) is 9.97 Å². The standard InChI is InChI=1S/C20H20N4O2/c1-14(15-9-11-17(25-2)12-10-15)23-24-18-13-19(26-3)22-20(21-18)16-7-5-4-6-8-16/h4-13H,1-3H3,(H,21,22,24). The Balaban J connectivity index is 1.84. The fraction of sp³-hybridized carbons (Fsp3) is 0.150. The number of benzene rings is 2. The minimum Gasteiger partial charge on any atom is -0.497 e. The highest BCUT2D eigenvalue weighted by atomic mass is 16.5. The predicted molar refractivity (Wildman–Crippen MR) is 103 cm³/mol. The fourth-order valence-electron chi connectivity index (χ4n) is 2.34. The van der Waals surface area contributed by atoms with Crippen molar-refractivity contribution in [3.8, 4) is 23.0 Å². The number of nitrogens with one attached hydrogen (secondary N) is 1. The van der Waals surface area contributed by atoms with Crippen LogP contribution in [-0.4, -0.2) is 29.9 Å². The molecule has 3 rings (SSSR count). The predicted octanol–water partition coefficient (Wildman–Crippen LogP) is 4.00. The third kappa shape index (κ3) is 4.16. The van der Waals surface area contributed by atoms with Gasteiger partial charge >= 0.3 is 0 Å². The Hall–Kier alpha value is -3.41. The average molecular weight is 348 g/mol. The maximum atomic E-state index is 5.28. The molecule has 0 saturated heterocycles. The summed E-state index contributed by atoms with van der Waals surface area (Å²) < 4.78 is 10.5. The zero-order valence-corrected chi connectivity index (χ0v) is 14.9.